The quantitative estimate of drug-likeness (QED) is 0.705. The highest BCUT2D eigenvalue weighted by atomic mass is 35.5. The standard InChI is InChI=1S/C11H14O2.ClH/c1-12-11(13-2)8-7-9-5-3-4-6-10(9)11;/h3-6H,7-8H2,1-2H3;1H. The summed E-state index contributed by atoms with van der Waals surface area (Å²) in [6.07, 6.45) is 1.96. The maximum atomic E-state index is 5.45. The van der Waals surface area contributed by atoms with Gasteiger partial charge in [0.05, 0.1) is 0 Å². The van der Waals surface area contributed by atoms with Crippen molar-refractivity contribution in [2.24, 2.45) is 0 Å². The molecule has 1 aliphatic rings. The summed E-state index contributed by atoms with van der Waals surface area (Å²) < 4.78 is 10.9. The summed E-state index contributed by atoms with van der Waals surface area (Å²) in [6, 6.07) is 8.29. The van der Waals surface area contributed by atoms with Crippen LogP contribution in [-0.4, -0.2) is 14.2 Å². The second kappa shape index (κ2) is 4.30. The van der Waals surface area contributed by atoms with Gasteiger partial charge in [-0.15, -0.1) is 12.4 Å². The Kier molecular flexibility index (Phi) is 3.53. The van der Waals surface area contributed by atoms with Crippen LogP contribution in [0.4, 0.5) is 0 Å². The molecule has 0 saturated heterocycles. The van der Waals surface area contributed by atoms with E-state index in [-0.39, 0.29) is 12.4 Å². The minimum absolute atomic E-state index is 0. The fourth-order valence-corrected chi connectivity index (χ4v) is 2.05. The van der Waals surface area contributed by atoms with Crippen molar-refractivity contribution in [2.45, 2.75) is 18.6 Å². The van der Waals surface area contributed by atoms with Crippen LogP contribution in [0.2, 0.25) is 0 Å². The van der Waals surface area contributed by atoms with Crippen LogP contribution in [0.5, 0.6) is 0 Å². The van der Waals surface area contributed by atoms with E-state index in [1.54, 1.807) is 14.2 Å². The molecule has 0 atom stereocenters. The van der Waals surface area contributed by atoms with Crippen molar-refractivity contribution in [1.82, 2.24) is 0 Å². The van der Waals surface area contributed by atoms with Gasteiger partial charge in [-0.25, -0.2) is 0 Å². The minimum atomic E-state index is -0.489. The van der Waals surface area contributed by atoms with E-state index in [1.165, 1.54) is 11.1 Å². The molecular weight excluding hydrogens is 200 g/mol. The molecule has 1 aromatic carbocycles. The van der Waals surface area contributed by atoms with E-state index in [2.05, 4.69) is 18.2 Å². The highest BCUT2D eigenvalue weighted by Crippen LogP contribution is 2.39. The largest absolute Gasteiger partial charge is 0.349 e. The third-order valence-corrected chi connectivity index (χ3v) is 2.81. The Balaban J connectivity index is 0.000000980. The van der Waals surface area contributed by atoms with Gasteiger partial charge >= 0.3 is 0 Å². The summed E-state index contributed by atoms with van der Waals surface area (Å²) in [5.41, 5.74) is 2.52. The number of rotatable bonds is 2. The highest BCUT2D eigenvalue weighted by Gasteiger charge is 2.38. The fraction of sp³-hybridized carbons (Fsp3) is 0.455. The van der Waals surface area contributed by atoms with E-state index in [9.17, 15) is 0 Å². The molecule has 0 amide bonds. The van der Waals surface area contributed by atoms with E-state index >= 15 is 0 Å². The fourth-order valence-electron chi connectivity index (χ4n) is 2.05. The number of ether oxygens (including phenoxy) is 2. The molecule has 0 saturated carbocycles. The van der Waals surface area contributed by atoms with E-state index in [0.29, 0.717) is 0 Å². The monoisotopic (exact) mass is 214 g/mol. The molecule has 0 heterocycles. The van der Waals surface area contributed by atoms with Gasteiger partial charge in [0, 0.05) is 26.2 Å². The molecule has 0 aromatic heterocycles. The van der Waals surface area contributed by atoms with Gasteiger partial charge in [-0.2, -0.15) is 0 Å². The third kappa shape index (κ3) is 1.54. The van der Waals surface area contributed by atoms with Crippen LogP contribution in [0.3, 0.4) is 0 Å². The maximum Gasteiger partial charge on any atom is 0.194 e. The Morgan fingerprint density at radius 3 is 2.43 bits per heavy atom. The number of aryl methyl sites for hydroxylation is 1. The molecule has 78 valence electrons. The number of halogens is 1. The molecule has 0 bridgehead atoms. The average Bonchev–Trinajstić information content (AvgIpc) is 2.58. The molecule has 0 spiro atoms. The second-order valence-corrected chi connectivity index (χ2v) is 3.32. The maximum absolute atomic E-state index is 5.45. The predicted molar refractivity (Wildman–Crippen MR) is 57.7 cm³/mol. The number of hydrogen-bond acceptors (Lipinski definition) is 2. The zero-order valence-corrected chi connectivity index (χ0v) is 9.26. The zero-order chi connectivity index (χ0) is 9.31. The molecule has 2 nitrogen and oxygen atoms in total. The van der Waals surface area contributed by atoms with E-state index in [1.807, 2.05) is 6.07 Å². The van der Waals surface area contributed by atoms with Gasteiger partial charge in [-0.3, -0.25) is 0 Å². The Bertz CT molecular complexity index is 308. The lowest BCUT2D eigenvalue weighted by molar-refractivity contribution is -0.213. The van der Waals surface area contributed by atoms with Crippen LogP contribution in [-0.2, 0) is 21.7 Å². The lowest BCUT2D eigenvalue weighted by atomic mass is 10.1. The van der Waals surface area contributed by atoms with Crippen molar-refractivity contribution in [2.75, 3.05) is 14.2 Å². The highest BCUT2D eigenvalue weighted by molar-refractivity contribution is 5.85. The van der Waals surface area contributed by atoms with E-state index < -0.39 is 5.79 Å². The molecule has 0 N–H and O–H groups in total. The molecule has 1 aliphatic carbocycles. The van der Waals surface area contributed by atoms with Gasteiger partial charge in [0.25, 0.3) is 0 Å². The molecule has 0 radical (unpaired) electrons. The average molecular weight is 215 g/mol. The van der Waals surface area contributed by atoms with Crippen molar-refractivity contribution in [3.8, 4) is 0 Å². The Morgan fingerprint density at radius 2 is 1.79 bits per heavy atom. The summed E-state index contributed by atoms with van der Waals surface area (Å²) in [6.45, 7) is 0. The van der Waals surface area contributed by atoms with Gasteiger partial charge in [-0.05, 0) is 12.0 Å². The molecule has 0 aliphatic heterocycles. The van der Waals surface area contributed by atoms with Crippen LogP contribution in [0, 0.1) is 0 Å². The van der Waals surface area contributed by atoms with Crippen LogP contribution >= 0.6 is 12.4 Å². The van der Waals surface area contributed by atoms with Crippen molar-refractivity contribution >= 4 is 12.4 Å². The second-order valence-electron chi connectivity index (χ2n) is 3.32. The molecule has 0 unspecified atom stereocenters. The first-order valence-electron chi connectivity index (χ1n) is 4.51. The lowest BCUT2D eigenvalue weighted by Gasteiger charge is -2.26. The van der Waals surface area contributed by atoms with Crippen LogP contribution in [0.15, 0.2) is 24.3 Å². The predicted octanol–water partition coefficient (Wildman–Crippen LogP) is 2.50. The normalized spacial score (nSPS) is 17.3. The SMILES string of the molecule is COC1(OC)CCc2ccccc21.Cl. The summed E-state index contributed by atoms with van der Waals surface area (Å²) in [7, 11) is 3.40. The van der Waals surface area contributed by atoms with Gasteiger partial charge in [0.1, 0.15) is 0 Å². The number of benzene rings is 1. The molecule has 0 fully saturated rings. The van der Waals surface area contributed by atoms with Crippen molar-refractivity contribution < 1.29 is 9.47 Å². The summed E-state index contributed by atoms with van der Waals surface area (Å²) in [5, 5.41) is 0. The van der Waals surface area contributed by atoms with Crippen molar-refractivity contribution in [3.63, 3.8) is 0 Å². The minimum Gasteiger partial charge on any atom is -0.349 e. The Labute approximate surface area is 90.6 Å². The number of hydrogen-bond donors (Lipinski definition) is 0. The number of fused-ring (bicyclic) bond motifs is 1. The summed E-state index contributed by atoms with van der Waals surface area (Å²) in [5.74, 6) is -0.489. The Hall–Kier alpha value is -0.570. The first-order chi connectivity index (χ1) is 6.32. The molecular formula is C11H15ClO2. The van der Waals surface area contributed by atoms with E-state index in [4.69, 9.17) is 9.47 Å². The zero-order valence-electron chi connectivity index (χ0n) is 8.45. The topological polar surface area (TPSA) is 18.5 Å². The molecule has 14 heavy (non-hydrogen) atoms. The van der Waals surface area contributed by atoms with E-state index in [0.717, 1.165) is 12.8 Å². The van der Waals surface area contributed by atoms with Crippen LogP contribution in [0.25, 0.3) is 0 Å². The van der Waals surface area contributed by atoms with Crippen molar-refractivity contribution in [1.29, 1.82) is 0 Å². The number of methoxy groups -OCH3 is 2. The van der Waals surface area contributed by atoms with Crippen LogP contribution < -0.4 is 0 Å². The van der Waals surface area contributed by atoms with Crippen LogP contribution in [0.1, 0.15) is 17.5 Å². The molecule has 2 rings (SSSR count). The van der Waals surface area contributed by atoms with Gasteiger partial charge < -0.3 is 9.47 Å². The first-order valence-corrected chi connectivity index (χ1v) is 4.51. The third-order valence-electron chi connectivity index (χ3n) is 2.81. The van der Waals surface area contributed by atoms with Crippen molar-refractivity contribution in [3.05, 3.63) is 35.4 Å². The first kappa shape index (κ1) is 11.5. The Morgan fingerprint density at radius 1 is 1.14 bits per heavy atom. The van der Waals surface area contributed by atoms with Gasteiger partial charge in [-0.1, -0.05) is 24.3 Å². The molecule has 1 aromatic rings. The lowest BCUT2D eigenvalue weighted by Crippen LogP contribution is -2.27. The van der Waals surface area contributed by atoms with Gasteiger partial charge in [0.2, 0.25) is 0 Å². The summed E-state index contributed by atoms with van der Waals surface area (Å²) in [4.78, 5) is 0. The molecule has 3 heteroatoms. The summed E-state index contributed by atoms with van der Waals surface area (Å²) >= 11 is 0. The van der Waals surface area contributed by atoms with Gasteiger partial charge in [0.15, 0.2) is 5.79 Å². The smallest absolute Gasteiger partial charge is 0.194 e.